The van der Waals surface area contributed by atoms with E-state index in [1.54, 1.807) is 0 Å². The third kappa shape index (κ3) is 3.05. The summed E-state index contributed by atoms with van der Waals surface area (Å²) in [6, 6.07) is 1.85. The normalized spacial score (nSPS) is 42.1. The van der Waals surface area contributed by atoms with Gasteiger partial charge in [0.05, 0.1) is 0 Å². The van der Waals surface area contributed by atoms with Gasteiger partial charge in [-0.3, -0.25) is 9.63 Å². The summed E-state index contributed by atoms with van der Waals surface area (Å²) in [7, 11) is -0.543. The van der Waals surface area contributed by atoms with Gasteiger partial charge in [-0.2, -0.15) is 0 Å². The van der Waals surface area contributed by atoms with Crippen LogP contribution in [0.25, 0.3) is 0 Å². The molecule has 0 radical (unpaired) electrons. The number of rotatable bonds is 2. The molecule has 2 atom stereocenters. The fourth-order valence-corrected chi connectivity index (χ4v) is 4.11. The van der Waals surface area contributed by atoms with E-state index in [9.17, 15) is 4.21 Å². The van der Waals surface area contributed by atoms with Gasteiger partial charge in [0, 0.05) is 40.4 Å². The van der Waals surface area contributed by atoms with Crippen molar-refractivity contribution in [2.75, 3.05) is 11.5 Å². The molecule has 16 heavy (non-hydrogen) atoms. The van der Waals surface area contributed by atoms with Crippen LogP contribution in [0, 0.1) is 0 Å². The summed E-state index contributed by atoms with van der Waals surface area (Å²) >= 11 is 0. The molecule has 2 rings (SSSR count). The zero-order valence-corrected chi connectivity index (χ0v) is 11.3. The third-order valence-electron chi connectivity index (χ3n) is 3.91. The molecule has 2 saturated heterocycles. The van der Waals surface area contributed by atoms with Gasteiger partial charge in [0.1, 0.15) is 0 Å². The average molecular weight is 244 g/mol. The minimum atomic E-state index is -0.543. The fraction of sp³-hybridized carbons (Fsp3) is 1.00. The lowest BCUT2D eigenvalue weighted by Crippen LogP contribution is -2.56. The standard InChI is InChI=1S/C12H24N2OS/c1-10-4-3-5-11(2)14(10)13-12-6-8-16(15)9-7-12/h10-13H,3-9H2,1-2H3. The van der Waals surface area contributed by atoms with E-state index < -0.39 is 10.8 Å². The number of hydrogen-bond acceptors (Lipinski definition) is 3. The predicted molar refractivity (Wildman–Crippen MR) is 68.6 cm³/mol. The van der Waals surface area contributed by atoms with Crippen molar-refractivity contribution in [1.29, 1.82) is 0 Å². The van der Waals surface area contributed by atoms with Gasteiger partial charge in [-0.15, -0.1) is 0 Å². The molecule has 2 fully saturated rings. The summed E-state index contributed by atoms with van der Waals surface area (Å²) in [6.45, 7) is 4.62. The van der Waals surface area contributed by atoms with Crippen LogP contribution >= 0.6 is 0 Å². The lowest BCUT2D eigenvalue weighted by molar-refractivity contribution is 0.0279. The lowest BCUT2D eigenvalue weighted by Gasteiger charge is -2.42. The van der Waals surface area contributed by atoms with Crippen LogP contribution in [0.4, 0.5) is 0 Å². The molecule has 0 aliphatic carbocycles. The second-order valence-electron chi connectivity index (χ2n) is 5.29. The summed E-state index contributed by atoms with van der Waals surface area (Å²) < 4.78 is 11.3. The maximum Gasteiger partial charge on any atom is 0.0250 e. The molecule has 2 heterocycles. The van der Waals surface area contributed by atoms with Crippen molar-refractivity contribution >= 4 is 10.8 Å². The SMILES string of the molecule is CC1CCCC(C)N1NC1CCS(=O)CC1. The largest absolute Gasteiger partial charge is 0.260 e. The van der Waals surface area contributed by atoms with Crippen LogP contribution in [-0.2, 0) is 10.8 Å². The number of nitrogens with zero attached hydrogens (tertiary/aromatic N) is 1. The first-order valence-electron chi connectivity index (χ1n) is 6.56. The Morgan fingerprint density at radius 3 is 2.19 bits per heavy atom. The van der Waals surface area contributed by atoms with Crippen molar-refractivity contribution in [3.05, 3.63) is 0 Å². The molecular weight excluding hydrogens is 220 g/mol. The minimum absolute atomic E-state index is 0.543. The van der Waals surface area contributed by atoms with Crippen LogP contribution in [0.5, 0.6) is 0 Å². The highest BCUT2D eigenvalue weighted by atomic mass is 32.2. The molecule has 0 bridgehead atoms. The molecule has 0 aromatic heterocycles. The van der Waals surface area contributed by atoms with Gasteiger partial charge < -0.3 is 0 Å². The van der Waals surface area contributed by atoms with Crippen molar-refractivity contribution in [3.63, 3.8) is 0 Å². The molecule has 94 valence electrons. The predicted octanol–water partition coefficient (Wildman–Crippen LogP) is 1.66. The smallest absolute Gasteiger partial charge is 0.0250 e. The van der Waals surface area contributed by atoms with Gasteiger partial charge in [0.25, 0.3) is 0 Å². The van der Waals surface area contributed by atoms with Crippen molar-refractivity contribution in [2.45, 2.75) is 64.1 Å². The van der Waals surface area contributed by atoms with Crippen molar-refractivity contribution in [1.82, 2.24) is 10.4 Å². The van der Waals surface area contributed by atoms with Crippen molar-refractivity contribution < 1.29 is 4.21 Å². The van der Waals surface area contributed by atoms with Crippen LogP contribution < -0.4 is 5.43 Å². The van der Waals surface area contributed by atoms with Gasteiger partial charge in [-0.1, -0.05) is 6.42 Å². The molecule has 2 unspecified atom stereocenters. The first-order valence-corrected chi connectivity index (χ1v) is 8.05. The number of hydrazine groups is 1. The molecule has 0 aromatic rings. The number of nitrogens with one attached hydrogen (secondary N) is 1. The topological polar surface area (TPSA) is 32.3 Å². The zero-order chi connectivity index (χ0) is 11.5. The number of hydrogen-bond donors (Lipinski definition) is 1. The van der Waals surface area contributed by atoms with Crippen LogP contribution in [0.1, 0.15) is 46.0 Å². The maximum atomic E-state index is 11.3. The summed E-state index contributed by atoms with van der Waals surface area (Å²) in [6.07, 6.45) is 6.10. The van der Waals surface area contributed by atoms with Gasteiger partial charge in [-0.25, -0.2) is 5.01 Å². The first kappa shape index (κ1) is 12.5. The third-order valence-corrected chi connectivity index (χ3v) is 5.30. The van der Waals surface area contributed by atoms with Crippen LogP contribution in [0.3, 0.4) is 0 Å². The highest BCUT2D eigenvalue weighted by Gasteiger charge is 2.28. The van der Waals surface area contributed by atoms with E-state index in [0.29, 0.717) is 18.1 Å². The van der Waals surface area contributed by atoms with E-state index in [4.69, 9.17) is 0 Å². The van der Waals surface area contributed by atoms with Gasteiger partial charge in [0.15, 0.2) is 0 Å². The Labute approximate surface area is 101 Å². The van der Waals surface area contributed by atoms with Gasteiger partial charge in [-0.05, 0) is 39.5 Å². The Hall–Kier alpha value is 0.0700. The second kappa shape index (κ2) is 5.61. The molecule has 2 aliphatic rings. The van der Waals surface area contributed by atoms with Crippen molar-refractivity contribution in [3.8, 4) is 0 Å². The molecule has 2 aliphatic heterocycles. The Kier molecular flexibility index (Phi) is 4.39. The minimum Gasteiger partial charge on any atom is -0.260 e. The molecule has 1 N–H and O–H groups in total. The monoisotopic (exact) mass is 244 g/mol. The van der Waals surface area contributed by atoms with Gasteiger partial charge in [0.2, 0.25) is 0 Å². The summed E-state index contributed by atoms with van der Waals surface area (Å²) in [5.74, 6) is 1.77. The molecule has 4 heteroatoms. The highest BCUT2D eigenvalue weighted by Crippen LogP contribution is 2.22. The molecular formula is C12H24N2OS. The summed E-state index contributed by atoms with van der Waals surface area (Å²) in [5.41, 5.74) is 3.68. The average Bonchev–Trinajstić information content (AvgIpc) is 2.26. The first-order chi connectivity index (χ1) is 7.66. The summed E-state index contributed by atoms with van der Waals surface area (Å²) in [5, 5.41) is 2.45. The van der Waals surface area contributed by atoms with E-state index in [0.717, 1.165) is 24.3 Å². The van der Waals surface area contributed by atoms with Crippen molar-refractivity contribution in [2.24, 2.45) is 0 Å². The summed E-state index contributed by atoms with van der Waals surface area (Å²) in [4.78, 5) is 0. The zero-order valence-electron chi connectivity index (χ0n) is 10.4. The Balaban J connectivity index is 1.85. The highest BCUT2D eigenvalue weighted by molar-refractivity contribution is 7.85. The lowest BCUT2D eigenvalue weighted by atomic mass is 9.99. The number of piperidine rings is 1. The van der Waals surface area contributed by atoms with E-state index >= 15 is 0 Å². The fourth-order valence-electron chi connectivity index (χ4n) is 2.81. The van der Waals surface area contributed by atoms with Crippen LogP contribution in [-0.4, -0.2) is 38.8 Å². The van der Waals surface area contributed by atoms with E-state index in [1.807, 2.05) is 0 Å². The molecule has 0 aromatic carbocycles. The Bertz CT molecular complexity index is 239. The Morgan fingerprint density at radius 2 is 1.62 bits per heavy atom. The van der Waals surface area contributed by atoms with Crippen LogP contribution in [0.15, 0.2) is 0 Å². The quantitative estimate of drug-likeness (QED) is 0.802. The van der Waals surface area contributed by atoms with E-state index in [-0.39, 0.29) is 0 Å². The molecule has 3 nitrogen and oxygen atoms in total. The molecule has 0 saturated carbocycles. The van der Waals surface area contributed by atoms with Gasteiger partial charge >= 0.3 is 0 Å². The molecule has 0 amide bonds. The Morgan fingerprint density at radius 1 is 1.06 bits per heavy atom. The van der Waals surface area contributed by atoms with E-state index in [1.165, 1.54) is 19.3 Å². The van der Waals surface area contributed by atoms with Crippen LogP contribution in [0.2, 0.25) is 0 Å². The second-order valence-corrected chi connectivity index (χ2v) is 6.98. The molecule has 0 spiro atoms. The van der Waals surface area contributed by atoms with E-state index in [2.05, 4.69) is 24.3 Å². The maximum absolute atomic E-state index is 11.3.